The van der Waals surface area contributed by atoms with Crippen LogP contribution in [-0.2, 0) is 9.53 Å². The quantitative estimate of drug-likeness (QED) is 0.514. The van der Waals surface area contributed by atoms with Crippen LogP contribution in [0.1, 0.15) is 33.1 Å². The van der Waals surface area contributed by atoms with Gasteiger partial charge >= 0.3 is 0 Å². The zero-order chi connectivity index (χ0) is 11.3. The van der Waals surface area contributed by atoms with Crippen LogP contribution in [0.5, 0.6) is 0 Å². The maximum absolute atomic E-state index is 10.8. The smallest absolute Gasteiger partial charge is 0.123 e. The second-order valence-corrected chi connectivity index (χ2v) is 4.65. The summed E-state index contributed by atoms with van der Waals surface area (Å²) in [5.41, 5.74) is 0. The largest absolute Gasteiger partial charge is 0.385 e. The Hall–Kier alpha value is -0.410. The third kappa shape index (κ3) is 3.58. The molecule has 0 unspecified atom stereocenters. The van der Waals surface area contributed by atoms with Crippen LogP contribution in [0.2, 0.25) is 0 Å². The number of rotatable bonds is 5. The second kappa shape index (κ2) is 6.23. The summed E-state index contributed by atoms with van der Waals surface area (Å²) in [5, 5.41) is 0. The fourth-order valence-corrected chi connectivity index (χ4v) is 2.62. The van der Waals surface area contributed by atoms with E-state index in [4.69, 9.17) is 4.74 Å². The minimum Gasteiger partial charge on any atom is -0.385 e. The van der Waals surface area contributed by atoms with Crippen LogP contribution >= 0.6 is 0 Å². The van der Waals surface area contributed by atoms with Crippen molar-refractivity contribution < 1.29 is 9.53 Å². The number of methoxy groups -OCH3 is 1. The Morgan fingerprint density at radius 3 is 2.40 bits per heavy atom. The number of ether oxygens (including phenoxy) is 1. The summed E-state index contributed by atoms with van der Waals surface area (Å²) in [5.74, 6) is 0.272. The normalized spacial score (nSPS) is 32.9. The van der Waals surface area contributed by atoms with Gasteiger partial charge in [-0.25, -0.2) is 0 Å². The van der Waals surface area contributed by atoms with Crippen LogP contribution in [0.25, 0.3) is 0 Å². The van der Waals surface area contributed by atoms with Gasteiger partial charge in [0, 0.05) is 38.3 Å². The molecule has 15 heavy (non-hydrogen) atoms. The lowest BCUT2D eigenvalue weighted by molar-refractivity contribution is -0.113. The zero-order valence-corrected chi connectivity index (χ0v) is 10.1. The molecule has 0 spiro atoms. The number of nitrogens with zero attached hydrogens (tertiary/aromatic N) is 1. The molecule has 3 nitrogen and oxygen atoms in total. The van der Waals surface area contributed by atoms with Crippen molar-refractivity contribution in [2.24, 2.45) is 5.92 Å². The van der Waals surface area contributed by atoms with Crippen molar-refractivity contribution >= 4 is 6.29 Å². The monoisotopic (exact) mass is 213 g/mol. The van der Waals surface area contributed by atoms with Crippen LogP contribution in [0, 0.1) is 5.92 Å². The third-order valence-electron chi connectivity index (χ3n) is 3.38. The number of hydrogen-bond acceptors (Lipinski definition) is 3. The number of likely N-dealkylation sites (tertiary alicyclic amines) is 1. The molecule has 0 aromatic carbocycles. The average molecular weight is 213 g/mol. The van der Waals surface area contributed by atoms with Gasteiger partial charge in [-0.1, -0.05) is 0 Å². The Bertz CT molecular complexity index is 184. The van der Waals surface area contributed by atoms with Crippen LogP contribution in [0.3, 0.4) is 0 Å². The van der Waals surface area contributed by atoms with Gasteiger partial charge in [-0.05, 0) is 33.1 Å². The molecule has 1 saturated heterocycles. The van der Waals surface area contributed by atoms with E-state index in [0.29, 0.717) is 12.1 Å². The molecule has 0 bridgehead atoms. The van der Waals surface area contributed by atoms with E-state index in [0.717, 1.165) is 38.7 Å². The third-order valence-corrected chi connectivity index (χ3v) is 3.38. The number of carbonyl (C=O) groups excluding carboxylic acids is 1. The Balaban J connectivity index is 2.39. The summed E-state index contributed by atoms with van der Waals surface area (Å²) < 4.78 is 5.06. The molecule has 1 rings (SSSR count). The Kier molecular flexibility index (Phi) is 5.26. The van der Waals surface area contributed by atoms with Crippen LogP contribution in [0.4, 0.5) is 0 Å². The summed E-state index contributed by atoms with van der Waals surface area (Å²) in [6.45, 7) is 6.35. The van der Waals surface area contributed by atoms with Crippen molar-refractivity contribution in [1.29, 1.82) is 0 Å². The van der Waals surface area contributed by atoms with E-state index in [-0.39, 0.29) is 5.92 Å². The topological polar surface area (TPSA) is 29.5 Å². The van der Waals surface area contributed by atoms with Crippen molar-refractivity contribution in [3.8, 4) is 0 Å². The zero-order valence-electron chi connectivity index (χ0n) is 10.1. The van der Waals surface area contributed by atoms with Gasteiger partial charge in [0.25, 0.3) is 0 Å². The molecule has 1 fully saturated rings. The standard InChI is InChI=1S/C12H23NO2/c1-10-7-12(9-14)8-11(2)13(10)5-4-6-15-3/h9-12H,4-8H2,1-3H3/t10-,11-/m1/s1. The van der Waals surface area contributed by atoms with Crippen LogP contribution < -0.4 is 0 Å². The Morgan fingerprint density at radius 2 is 1.93 bits per heavy atom. The van der Waals surface area contributed by atoms with Crippen LogP contribution in [-0.4, -0.2) is 43.5 Å². The average Bonchev–Trinajstić information content (AvgIpc) is 2.22. The maximum Gasteiger partial charge on any atom is 0.123 e. The maximum atomic E-state index is 10.8. The molecule has 0 aliphatic carbocycles. The molecule has 1 aliphatic rings. The van der Waals surface area contributed by atoms with E-state index in [1.54, 1.807) is 7.11 Å². The lowest BCUT2D eigenvalue weighted by Crippen LogP contribution is -2.47. The molecule has 0 N–H and O–H groups in total. The van der Waals surface area contributed by atoms with Gasteiger partial charge in [-0.15, -0.1) is 0 Å². The van der Waals surface area contributed by atoms with E-state index in [2.05, 4.69) is 18.7 Å². The number of hydrogen-bond donors (Lipinski definition) is 0. The molecule has 0 saturated carbocycles. The fraction of sp³-hybridized carbons (Fsp3) is 0.917. The highest BCUT2D eigenvalue weighted by molar-refractivity contribution is 5.53. The number of carbonyl (C=O) groups is 1. The van der Waals surface area contributed by atoms with Gasteiger partial charge in [0.15, 0.2) is 0 Å². The van der Waals surface area contributed by atoms with E-state index in [9.17, 15) is 4.79 Å². The minimum atomic E-state index is 0.272. The van der Waals surface area contributed by atoms with E-state index >= 15 is 0 Å². The molecule has 88 valence electrons. The highest BCUT2D eigenvalue weighted by Crippen LogP contribution is 2.26. The number of piperidine rings is 1. The summed E-state index contributed by atoms with van der Waals surface area (Å²) >= 11 is 0. The predicted molar refractivity (Wildman–Crippen MR) is 60.9 cm³/mol. The van der Waals surface area contributed by atoms with Crippen molar-refractivity contribution in [2.75, 3.05) is 20.3 Å². The van der Waals surface area contributed by atoms with E-state index in [1.807, 2.05) is 0 Å². The van der Waals surface area contributed by atoms with Gasteiger partial charge in [0.1, 0.15) is 6.29 Å². The lowest BCUT2D eigenvalue weighted by Gasteiger charge is -2.41. The van der Waals surface area contributed by atoms with E-state index < -0.39 is 0 Å². The molecule has 1 aliphatic heterocycles. The highest BCUT2D eigenvalue weighted by atomic mass is 16.5. The predicted octanol–water partition coefficient (Wildman–Crippen LogP) is 1.71. The first-order valence-electron chi connectivity index (χ1n) is 5.89. The van der Waals surface area contributed by atoms with Gasteiger partial charge in [0.05, 0.1) is 0 Å². The summed E-state index contributed by atoms with van der Waals surface area (Å²) in [6.07, 6.45) is 4.23. The molecule has 0 amide bonds. The van der Waals surface area contributed by atoms with Crippen molar-refractivity contribution in [2.45, 2.75) is 45.2 Å². The Labute approximate surface area is 92.8 Å². The van der Waals surface area contributed by atoms with Gasteiger partial charge in [-0.3, -0.25) is 4.90 Å². The van der Waals surface area contributed by atoms with Gasteiger partial charge in [0.2, 0.25) is 0 Å². The van der Waals surface area contributed by atoms with Crippen molar-refractivity contribution in [1.82, 2.24) is 4.90 Å². The molecule has 1 heterocycles. The first kappa shape index (κ1) is 12.7. The Morgan fingerprint density at radius 1 is 1.33 bits per heavy atom. The molecule has 0 aromatic heterocycles. The van der Waals surface area contributed by atoms with Crippen LogP contribution in [0.15, 0.2) is 0 Å². The second-order valence-electron chi connectivity index (χ2n) is 4.65. The minimum absolute atomic E-state index is 0.272. The summed E-state index contributed by atoms with van der Waals surface area (Å²) in [6, 6.07) is 1.06. The number of aldehydes is 1. The molecular formula is C12H23NO2. The summed E-state index contributed by atoms with van der Waals surface area (Å²) in [4.78, 5) is 13.3. The van der Waals surface area contributed by atoms with Gasteiger partial charge < -0.3 is 9.53 Å². The molecule has 3 heteroatoms. The molecular weight excluding hydrogens is 190 g/mol. The van der Waals surface area contributed by atoms with Crippen molar-refractivity contribution in [3.63, 3.8) is 0 Å². The molecule has 0 radical (unpaired) electrons. The van der Waals surface area contributed by atoms with Crippen molar-refractivity contribution in [3.05, 3.63) is 0 Å². The fourth-order valence-electron chi connectivity index (χ4n) is 2.62. The molecule has 0 aromatic rings. The SMILES string of the molecule is COCCCN1[C@H](C)CC(C=O)C[C@H]1C. The lowest BCUT2D eigenvalue weighted by atomic mass is 9.88. The first-order chi connectivity index (χ1) is 7.19. The molecule has 2 atom stereocenters. The van der Waals surface area contributed by atoms with E-state index in [1.165, 1.54) is 0 Å². The summed E-state index contributed by atoms with van der Waals surface area (Å²) in [7, 11) is 1.74. The first-order valence-corrected chi connectivity index (χ1v) is 5.89. The van der Waals surface area contributed by atoms with Gasteiger partial charge in [-0.2, -0.15) is 0 Å². The highest BCUT2D eigenvalue weighted by Gasteiger charge is 2.29.